The number of alkyl halides is 3. The second-order valence-corrected chi connectivity index (χ2v) is 4.32. The predicted molar refractivity (Wildman–Crippen MR) is 68.2 cm³/mol. The summed E-state index contributed by atoms with van der Waals surface area (Å²) in [4.78, 5) is 10.7. The summed E-state index contributed by atoms with van der Waals surface area (Å²) in [6, 6.07) is 5.35. The molecule has 1 rings (SSSR count). The van der Waals surface area contributed by atoms with Gasteiger partial charge in [0, 0.05) is 6.42 Å². The average Bonchev–Trinajstić information content (AvgIpc) is 2.41. The topological polar surface area (TPSA) is 35.5 Å². The zero-order valence-corrected chi connectivity index (χ0v) is 11.4. The lowest BCUT2D eigenvalue weighted by atomic mass is 10.1. The minimum absolute atomic E-state index is 0.215. The standard InChI is InChI=1S/C14H17F3O3/c1-19-11-8-7-10(9-12(11)20-2)5-3-4-6-13(18)14(15,16)17/h7-9H,3-6H2,1-2H3. The summed E-state index contributed by atoms with van der Waals surface area (Å²) in [5.41, 5.74) is 0.933. The maximum atomic E-state index is 12.0. The Bertz CT molecular complexity index is 455. The number of unbranched alkanes of at least 4 members (excludes halogenated alkanes) is 1. The third-order valence-electron chi connectivity index (χ3n) is 2.88. The van der Waals surface area contributed by atoms with Crippen molar-refractivity contribution in [2.24, 2.45) is 0 Å². The lowest BCUT2D eigenvalue weighted by molar-refractivity contribution is -0.171. The molecule has 0 N–H and O–H groups in total. The number of methoxy groups -OCH3 is 2. The largest absolute Gasteiger partial charge is 0.493 e. The third-order valence-corrected chi connectivity index (χ3v) is 2.88. The maximum Gasteiger partial charge on any atom is 0.449 e. The normalized spacial score (nSPS) is 11.2. The molecule has 0 aromatic heterocycles. The molecule has 0 bridgehead atoms. The summed E-state index contributed by atoms with van der Waals surface area (Å²) < 4.78 is 46.2. The highest BCUT2D eigenvalue weighted by molar-refractivity contribution is 5.83. The van der Waals surface area contributed by atoms with Crippen LogP contribution in [0.15, 0.2) is 18.2 Å². The van der Waals surface area contributed by atoms with Gasteiger partial charge in [0.2, 0.25) is 5.78 Å². The predicted octanol–water partition coefficient (Wildman–Crippen LogP) is 3.55. The number of carbonyl (C=O) groups excluding carboxylic acids is 1. The fourth-order valence-electron chi connectivity index (χ4n) is 1.79. The molecule has 0 fully saturated rings. The van der Waals surface area contributed by atoms with E-state index in [1.807, 2.05) is 6.07 Å². The molecular weight excluding hydrogens is 273 g/mol. The molecule has 0 aliphatic carbocycles. The van der Waals surface area contributed by atoms with Crippen molar-refractivity contribution in [3.8, 4) is 11.5 Å². The molecule has 0 amide bonds. The van der Waals surface area contributed by atoms with E-state index in [-0.39, 0.29) is 6.42 Å². The minimum atomic E-state index is -4.72. The quantitative estimate of drug-likeness (QED) is 0.720. The lowest BCUT2D eigenvalue weighted by Gasteiger charge is -2.09. The molecule has 0 radical (unpaired) electrons. The van der Waals surface area contributed by atoms with Crippen molar-refractivity contribution in [1.82, 2.24) is 0 Å². The Labute approximate surface area is 115 Å². The van der Waals surface area contributed by atoms with Crippen LogP contribution in [0.5, 0.6) is 11.5 Å². The zero-order valence-electron chi connectivity index (χ0n) is 11.4. The van der Waals surface area contributed by atoms with Gasteiger partial charge in [-0.1, -0.05) is 6.07 Å². The van der Waals surface area contributed by atoms with Crippen LogP contribution < -0.4 is 9.47 Å². The van der Waals surface area contributed by atoms with Gasteiger partial charge in [-0.15, -0.1) is 0 Å². The van der Waals surface area contributed by atoms with Gasteiger partial charge in [-0.3, -0.25) is 4.79 Å². The summed E-state index contributed by atoms with van der Waals surface area (Å²) in [6.45, 7) is 0. The van der Waals surface area contributed by atoms with Crippen LogP contribution in [0.25, 0.3) is 0 Å². The first-order chi connectivity index (χ1) is 9.38. The molecule has 0 aliphatic rings. The minimum Gasteiger partial charge on any atom is -0.493 e. The van der Waals surface area contributed by atoms with E-state index in [0.29, 0.717) is 24.3 Å². The molecule has 112 valence electrons. The summed E-state index contributed by atoms with van der Waals surface area (Å²) in [6.07, 6.45) is -3.87. The number of ketones is 1. The Morgan fingerprint density at radius 2 is 1.75 bits per heavy atom. The van der Waals surface area contributed by atoms with Gasteiger partial charge in [0.1, 0.15) is 0 Å². The van der Waals surface area contributed by atoms with E-state index >= 15 is 0 Å². The van der Waals surface area contributed by atoms with Gasteiger partial charge in [-0.05, 0) is 37.0 Å². The first-order valence-electron chi connectivity index (χ1n) is 6.19. The second-order valence-electron chi connectivity index (χ2n) is 4.32. The first-order valence-corrected chi connectivity index (χ1v) is 6.19. The Morgan fingerprint density at radius 1 is 1.10 bits per heavy atom. The fourth-order valence-corrected chi connectivity index (χ4v) is 1.79. The van der Waals surface area contributed by atoms with E-state index in [1.165, 1.54) is 14.2 Å². The Morgan fingerprint density at radius 3 is 2.30 bits per heavy atom. The number of Topliss-reactive ketones (excluding diaryl/α,β-unsaturated/α-hetero) is 1. The van der Waals surface area contributed by atoms with Gasteiger partial charge >= 0.3 is 6.18 Å². The van der Waals surface area contributed by atoms with E-state index in [0.717, 1.165) is 5.56 Å². The van der Waals surface area contributed by atoms with Crippen LogP contribution in [0.3, 0.4) is 0 Å². The number of rotatable bonds is 7. The summed E-state index contributed by atoms with van der Waals surface area (Å²) in [7, 11) is 3.05. The van der Waals surface area contributed by atoms with E-state index in [1.54, 1.807) is 12.1 Å². The lowest BCUT2D eigenvalue weighted by Crippen LogP contribution is -2.22. The second kappa shape index (κ2) is 7.17. The Hall–Kier alpha value is -1.72. The van der Waals surface area contributed by atoms with Gasteiger partial charge in [-0.25, -0.2) is 0 Å². The Balaban J connectivity index is 2.45. The molecule has 0 atom stereocenters. The van der Waals surface area contributed by atoms with Crippen LogP contribution >= 0.6 is 0 Å². The van der Waals surface area contributed by atoms with E-state index < -0.39 is 18.4 Å². The molecule has 0 aliphatic heterocycles. The number of hydrogen-bond donors (Lipinski definition) is 0. The number of hydrogen-bond acceptors (Lipinski definition) is 3. The first kappa shape index (κ1) is 16.3. The number of ether oxygens (including phenoxy) is 2. The third kappa shape index (κ3) is 4.75. The number of carbonyl (C=O) groups is 1. The summed E-state index contributed by atoms with van der Waals surface area (Å²) in [5.74, 6) is -0.482. The monoisotopic (exact) mass is 290 g/mol. The Kier molecular flexibility index (Phi) is 5.85. The van der Waals surface area contributed by atoms with Gasteiger partial charge < -0.3 is 9.47 Å². The van der Waals surface area contributed by atoms with Gasteiger partial charge in [-0.2, -0.15) is 13.2 Å². The fraction of sp³-hybridized carbons (Fsp3) is 0.500. The SMILES string of the molecule is COc1ccc(CCCCC(=O)C(F)(F)F)cc1OC. The molecule has 0 unspecified atom stereocenters. The molecule has 1 aromatic rings. The van der Waals surface area contributed by atoms with Crippen molar-refractivity contribution >= 4 is 5.78 Å². The van der Waals surface area contributed by atoms with Crippen molar-refractivity contribution in [2.45, 2.75) is 31.9 Å². The van der Waals surface area contributed by atoms with E-state index in [9.17, 15) is 18.0 Å². The van der Waals surface area contributed by atoms with Crippen LogP contribution in [0.4, 0.5) is 13.2 Å². The molecule has 0 saturated heterocycles. The van der Waals surface area contributed by atoms with Crippen LogP contribution in [-0.4, -0.2) is 26.2 Å². The van der Waals surface area contributed by atoms with Gasteiger partial charge in [0.15, 0.2) is 11.5 Å². The van der Waals surface area contributed by atoms with Crippen LogP contribution in [0.2, 0.25) is 0 Å². The number of benzene rings is 1. The molecule has 20 heavy (non-hydrogen) atoms. The molecule has 1 aromatic carbocycles. The maximum absolute atomic E-state index is 12.0. The van der Waals surface area contributed by atoms with Crippen molar-refractivity contribution < 1.29 is 27.4 Å². The van der Waals surface area contributed by atoms with Crippen LogP contribution in [-0.2, 0) is 11.2 Å². The summed E-state index contributed by atoms with van der Waals surface area (Å²) >= 11 is 0. The van der Waals surface area contributed by atoms with Crippen LogP contribution in [0.1, 0.15) is 24.8 Å². The molecule has 0 heterocycles. The average molecular weight is 290 g/mol. The highest BCUT2D eigenvalue weighted by Crippen LogP contribution is 2.28. The van der Waals surface area contributed by atoms with Crippen molar-refractivity contribution in [2.75, 3.05) is 14.2 Å². The molecule has 0 spiro atoms. The van der Waals surface area contributed by atoms with Gasteiger partial charge in [0.25, 0.3) is 0 Å². The molecule has 6 heteroatoms. The van der Waals surface area contributed by atoms with Crippen molar-refractivity contribution in [3.05, 3.63) is 23.8 Å². The highest BCUT2D eigenvalue weighted by Gasteiger charge is 2.36. The molecule has 3 nitrogen and oxygen atoms in total. The number of halogens is 3. The zero-order chi connectivity index (χ0) is 15.2. The molecule has 0 saturated carbocycles. The van der Waals surface area contributed by atoms with E-state index in [2.05, 4.69) is 0 Å². The highest BCUT2D eigenvalue weighted by atomic mass is 19.4. The van der Waals surface area contributed by atoms with Crippen molar-refractivity contribution in [1.29, 1.82) is 0 Å². The van der Waals surface area contributed by atoms with Gasteiger partial charge in [0.05, 0.1) is 14.2 Å². The van der Waals surface area contributed by atoms with Crippen molar-refractivity contribution in [3.63, 3.8) is 0 Å². The van der Waals surface area contributed by atoms with E-state index in [4.69, 9.17) is 9.47 Å². The number of aryl methyl sites for hydroxylation is 1. The van der Waals surface area contributed by atoms with Crippen LogP contribution in [0, 0.1) is 0 Å². The smallest absolute Gasteiger partial charge is 0.449 e. The molecular formula is C14H17F3O3. The summed E-state index contributed by atoms with van der Waals surface area (Å²) in [5, 5.41) is 0.